The van der Waals surface area contributed by atoms with Crippen molar-refractivity contribution in [3.63, 3.8) is 0 Å². The van der Waals surface area contributed by atoms with E-state index in [4.69, 9.17) is 0 Å². The Morgan fingerprint density at radius 3 is 2.61 bits per heavy atom. The van der Waals surface area contributed by atoms with E-state index >= 15 is 0 Å². The minimum Gasteiger partial charge on any atom is -0.289 e. The van der Waals surface area contributed by atoms with Crippen molar-refractivity contribution in [2.24, 2.45) is 0 Å². The summed E-state index contributed by atoms with van der Waals surface area (Å²) >= 11 is 5.48. The minimum atomic E-state index is -0.359. The third-order valence-corrected chi connectivity index (χ3v) is 3.97. The first-order valence-corrected chi connectivity index (χ1v) is 7.12. The first kappa shape index (κ1) is 13.7. The highest BCUT2D eigenvalue weighted by Crippen LogP contribution is 2.23. The van der Waals surface area contributed by atoms with Crippen molar-refractivity contribution in [3.8, 4) is 0 Å². The molecule has 0 amide bonds. The van der Waals surface area contributed by atoms with Crippen LogP contribution in [0.25, 0.3) is 0 Å². The molecule has 1 nitrogen and oxygen atoms in total. The van der Waals surface area contributed by atoms with Gasteiger partial charge in [-0.25, -0.2) is 4.39 Å². The Morgan fingerprint density at radius 2 is 1.94 bits per heavy atom. The normalized spacial score (nSPS) is 10.4. The fourth-order valence-corrected chi connectivity index (χ4v) is 2.48. The van der Waals surface area contributed by atoms with Gasteiger partial charge in [-0.3, -0.25) is 4.79 Å². The van der Waals surface area contributed by atoms with E-state index in [1.807, 2.05) is 12.1 Å². The molecule has 2 rings (SSSR count). The zero-order valence-corrected chi connectivity index (χ0v) is 13.2. The summed E-state index contributed by atoms with van der Waals surface area (Å²) in [7, 11) is 0. The maximum Gasteiger partial charge on any atom is 0.194 e. The third kappa shape index (κ3) is 2.80. The molecule has 0 fully saturated rings. The fraction of sp³-hybridized carbons (Fsp3) is 0.0714. The topological polar surface area (TPSA) is 17.1 Å². The number of rotatable bonds is 2. The summed E-state index contributed by atoms with van der Waals surface area (Å²) < 4.78 is 15.2. The maximum absolute atomic E-state index is 13.5. The van der Waals surface area contributed by atoms with E-state index in [0.717, 1.165) is 3.57 Å². The first-order chi connectivity index (χ1) is 8.49. The van der Waals surface area contributed by atoms with Crippen LogP contribution in [0.3, 0.4) is 0 Å². The number of hydrogen-bond donors (Lipinski definition) is 0. The molecule has 0 saturated carbocycles. The molecular weight excluding hydrogens is 410 g/mol. The molecule has 0 saturated heterocycles. The highest BCUT2D eigenvalue weighted by atomic mass is 127. The smallest absolute Gasteiger partial charge is 0.194 e. The molecule has 0 heterocycles. The van der Waals surface area contributed by atoms with Gasteiger partial charge in [0, 0.05) is 19.2 Å². The van der Waals surface area contributed by atoms with Crippen LogP contribution in [0.4, 0.5) is 4.39 Å². The zero-order valence-electron chi connectivity index (χ0n) is 9.51. The van der Waals surface area contributed by atoms with Crippen molar-refractivity contribution in [3.05, 3.63) is 66.9 Å². The van der Waals surface area contributed by atoms with E-state index in [2.05, 4.69) is 38.5 Å². The predicted molar refractivity (Wildman–Crippen MR) is 81.4 cm³/mol. The largest absolute Gasteiger partial charge is 0.289 e. The van der Waals surface area contributed by atoms with Gasteiger partial charge in [0.1, 0.15) is 5.82 Å². The maximum atomic E-state index is 13.5. The average Bonchev–Trinajstić information content (AvgIpc) is 2.35. The number of aryl methyl sites for hydroxylation is 1. The van der Waals surface area contributed by atoms with Crippen LogP contribution in [0.1, 0.15) is 21.5 Å². The minimum absolute atomic E-state index is 0.181. The second-order valence-corrected chi connectivity index (χ2v) is 6.02. The summed E-state index contributed by atoms with van der Waals surface area (Å²) in [4.78, 5) is 12.3. The first-order valence-electron chi connectivity index (χ1n) is 5.25. The monoisotopic (exact) mass is 418 g/mol. The SMILES string of the molecule is Cc1ccc(C(=O)c2cc(I)ccc2Br)cc1F. The molecule has 0 atom stereocenters. The van der Waals surface area contributed by atoms with E-state index < -0.39 is 0 Å². The van der Waals surface area contributed by atoms with Gasteiger partial charge in [-0.15, -0.1) is 0 Å². The van der Waals surface area contributed by atoms with E-state index in [9.17, 15) is 9.18 Å². The van der Waals surface area contributed by atoms with Gasteiger partial charge in [-0.1, -0.05) is 28.1 Å². The lowest BCUT2D eigenvalue weighted by molar-refractivity contribution is 0.103. The van der Waals surface area contributed by atoms with Crippen LogP contribution in [0, 0.1) is 16.3 Å². The Hall–Kier alpha value is -0.750. The zero-order chi connectivity index (χ0) is 13.3. The quantitative estimate of drug-likeness (QED) is 0.508. The van der Waals surface area contributed by atoms with Crippen LogP contribution in [0.2, 0.25) is 0 Å². The summed E-state index contributed by atoms with van der Waals surface area (Å²) in [6, 6.07) is 10.0. The molecule has 0 N–H and O–H groups in total. The molecular formula is C14H9BrFIO. The molecule has 2 aromatic carbocycles. The van der Waals surface area contributed by atoms with Crippen molar-refractivity contribution >= 4 is 44.3 Å². The number of carbonyl (C=O) groups is 1. The molecule has 0 aromatic heterocycles. The molecule has 0 spiro atoms. The summed E-state index contributed by atoms with van der Waals surface area (Å²) in [6.07, 6.45) is 0. The Labute approximate surface area is 127 Å². The van der Waals surface area contributed by atoms with Crippen molar-refractivity contribution in [1.82, 2.24) is 0 Å². The van der Waals surface area contributed by atoms with Crippen LogP contribution in [-0.4, -0.2) is 5.78 Å². The number of ketones is 1. The van der Waals surface area contributed by atoms with Gasteiger partial charge in [0.15, 0.2) is 5.78 Å². The van der Waals surface area contributed by atoms with E-state index in [1.54, 1.807) is 25.1 Å². The fourth-order valence-electron chi connectivity index (χ4n) is 1.56. The van der Waals surface area contributed by atoms with Gasteiger partial charge in [0.05, 0.1) is 0 Å². The van der Waals surface area contributed by atoms with Crippen molar-refractivity contribution in [2.45, 2.75) is 6.92 Å². The van der Waals surface area contributed by atoms with Crippen LogP contribution < -0.4 is 0 Å². The third-order valence-electron chi connectivity index (χ3n) is 2.61. The summed E-state index contributed by atoms with van der Waals surface area (Å²) in [6.45, 7) is 1.67. The highest BCUT2D eigenvalue weighted by Gasteiger charge is 2.14. The van der Waals surface area contributed by atoms with Gasteiger partial charge >= 0.3 is 0 Å². The van der Waals surface area contributed by atoms with E-state index in [1.165, 1.54) is 6.07 Å². The lowest BCUT2D eigenvalue weighted by Crippen LogP contribution is -2.03. The summed E-state index contributed by atoms with van der Waals surface area (Å²) in [5.74, 6) is -0.540. The van der Waals surface area contributed by atoms with Crippen LogP contribution in [0.5, 0.6) is 0 Å². The van der Waals surface area contributed by atoms with Crippen LogP contribution in [0.15, 0.2) is 40.9 Å². The predicted octanol–water partition coefficient (Wildman–Crippen LogP) is 4.73. The van der Waals surface area contributed by atoms with Gasteiger partial charge in [0.2, 0.25) is 0 Å². The molecule has 0 bridgehead atoms. The standard InChI is InChI=1S/C14H9BrFIO/c1-8-2-3-9(6-13(8)16)14(18)11-7-10(17)4-5-12(11)15/h2-7H,1H3. The lowest BCUT2D eigenvalue weighted by atomic mass is 10.0. The second-order valence-electron chi connectivity index (χ2n) is 3.92. The molecule has 0 unspecified atom stereocenters. The van der Waals surface area contributed by atoms with Gasteiger partial charge < -0.3 is 0 Å². The van der Waals surface area contributed by atoms with Crippen molar-refractivity contribution in [2.75, 3.05) is 0 Å². The molecule has 4 heteroatoms. The molecule has 92 valence electrons. The highest BCUT2D eigenvalue weighted by molar-refractivity contribution is 14.1. The van der Waals surface area contributed by atoms with Gasteiger partial charge in [0.25, 0.3) is 0 Å². The van der Waals surface area contributed by atoms with Gasteiger partial charge in [-0.05, 0) is 59.3 Å². The Morgan fingerprint density at radius 1 is 1.22 bits per heavy atom. The molecule has 18 heavy (non-hydrogen) atoms. The lowest BCUT2D eigenvalue weighted by Gasteiger charge is -2.06. The van der Waals surface area contributed by atoms with E-state index in [0.29, 0.717) is 21.2 Å². The number of hydrogen-bond acceptors (Lipinski definition) is 1. The van der Waals surface area contributed by atoms with Crippen molar-refractivity contribution < 1.29 is 9.18 Å². The Kier molecular flexibility index (Phi) is 4.17. The molecule has 0 aliphatic carbocycles. The number of benzene rings is 2. The second kappa shape index (κ2) is 5.48. The molecule has 2 aromatic rings. The Balaban J connectivity index is 2.47. The average molecular weight is 419 g/mol. The molecule has 0 radical (unpaired) electrons. The van der Waals surface area contributed by atoms with E-state index in [-0.39, 0.29) is 11.6 Å². The van der Waals surface area contributed by atoms with Crippen LogP contribution in [-0.2, 0) is 0 Å². The van der Waals surface area contributed by atoms with Crippen LogP contribution >= 0.6 is 38.5 Å². The number of halogens is 3. The van der Waals surface area contributed by atoms with Crippen molar-refractivity contribution in [1.29, 1.82) is 0 Å². The molecule has 0 aliphatic rings. The molecule has 0 aliphatic heterocycles. The van der Waals surface area contributed by atoms with Gasteiger partial charge in [-0.2, -0.15) is 0 Å². The Bertz CT molecular complexity index is 625. The summed E-state index contributed by atoms with van der Waals surface area (Å²) in [5, 5.41) is 0. The number of carbonyl (C=O) groups excluding carboxylic acids is 1. The summed E-state index contributed by atoms with van der Waals surface area (Å²) in [5.41, 5.74) is 1.44.